The summed E-state index contributed by atoms with van der Waals surface area (Å²) < 4.78 is 2.12. The molecule has 0 aliphatic heterocycles. The van der Waals surface area contributed by atoms with Crippen molar-refractivity contribution in [2.24, 2.45) is 0 Å². The van der Waals surface area contributed by atoms with Crippen LogP contribution in [0.15, 0.2) is 78.6 Å². The Morgan fingerprint density at radius 3 is 2.48 bits per heavy atom. The Morgan fingerprint density at radius 1 is 1.16 bits per heavy atom. The van der Waals surface area contributed by atoms with Crippen LogP contribution in [0.1, 0.15) is 26.2 Å². The molecule has 25 heavy (non-hydrogen) atoms. The number of aromatic nitrogens is 1. The Bertz CT molecular complexity index is 767. The molecular formula is C21H21Cl2NZr. The fourth-order valence-corrected chi connectivity index (χ4v) is 2.68. The topological polar surface area (TPSA) is 4.93 Å². The molecule has 1 heterocycles. The Balaban J connectivity index is 0.000000175. The van der Waals surface area contributed by atoms with Gasteiger partial charge in [-0.25, -0.2) is 11.6 Å². The third-order valence-electron chi connectivity index (χ3n) is 3.79. The minimum absolute atomic E-state index is 0.826. The van der Waals surface area contributed by atoms with E-state index in [0.29, 0.717) is 0 Å². The summed E-state index contributed by atoms with van der Waals surface area (Å²) in [5.74, 6) is 0. The van der Waals surface area contributed by atoms with Gasteiger partial charge in [-0.1, -0.05) is 25.8 Å². The fourth-order valence-electron chi connectivity index (χ4n) is 2.68. The van der Waals surface area contributed by atoms with Crippen molar-refractivity contribution in [2.45, 2.75) is 26.2 Å². The van der Waals surface area contributed by atoms with Crippen molar-refractivity contribution >= 4 is 27.8 Å². The maximum Gasteiger partial charge on any atom is 0.00705 e. The van der Waals surface area contributed by atoms with Gasteiger partial charge in [-0.2, -0.15) is 6.08 Å². The number of benzene rings is 1. The van der Waals surface area contributed by atoms with Crippen LogP contribution in [-0.2, 0) is 20.8 Å². The first-order chi connectivity index (χ1) is 12.3. The molecule has 0 radical (unpaired) electrons. The summed E-state index contributed by atoms with van der Waals surface area (Å²) >= 11 is -0.826. The van der Waals surface area contributed by atoms with Crippen LogP contribution in [0.5, 0.6) is 0 Å². The minimum atomic E-state index is -0.826. The molecule has 0 unspecified atom stereocenters. The predicted molar refractivity (Wildman–Crippen MR) is 106 cm³/mol. The number of rotatable bonds is 3. The Morgan fingerprint density at radius 2 is 1.88 bits per heavy atom. The smallest absolute Gasteiger partial charge is 0.00705 e. The average molecular weight is 450 g/mol. The maximum atomic E-state index is 4.93. The van der Waals surface area contributed by atoms with Gasteiger partial charge in [0.25, 0.3) is 0 Å². The molecule has 0 fully saturated rings. The molecule has 0 atom stereocenters. The SMILES string of the molecule is CCCC1=[C-]CC=C1.[Cl][Zr+2][Cl].c1ccc2[cH-]c(-n3cccc3)cc2c1. The summed E-state index contributed by atoms with van der Waals surface area (Å²) in [4.78, 5) is 0. The molecule has 4 rings (SSSR count). The Labute approximate surface area is 169 Å². The van der Waals surface area contributed by atoms with Gasteiger partial charge in [0, 0.05) is 12.4 Å². The zero-order chi connectivity index (χ0) is 17.9. The Kier molecular flexibility index (Phi) is 9.47. The molecule has 4 heteroatoms. The molecule has 0 amide bonds. The maximum absolute atomic E-state index is 4.93. The van der Waals surface area contributed by atoms with Crippen LogP contribution in [0.25, 0.3) is 16.5 Å². The van der Waals surface area contributed by atoms with Gasteiger partial charge in [-0.05, 0) is 17.8 Å². The summed E-state index contributed by atoms with van der Waals surface area (Å²) in [6, 6.07) is 16.9. The molecule has 0 spiro atoms. The third kappa shape index (κ3) is 6.70. The Hall–Kier alpha value is -0.947. The van der Waals surface area contributed by atoms with Crippen molar-refractivity contribution in [3.63, 3.8) is 0 Å². The average Bonchev–Trinajstić information content (AvgIpc) is 3.37. The van der Waals surface area contributed by atoms with Gasteiger partial charge >= 0.3 is 37.9 Å². The van der Waals surface area contributed by atoms with Crippen LogP contribution >= 0.6 is 17.0 Å². The largest absolute Gasteiger partial charge is 0.342 e. The summed E-state index contributed by atoms with van der Waals surface area (Å²) in [6.07, 6.45) is 15.2. The van der Waals surface area contributed by atoms with Crippen LogP contribution in [0.3, 0.4) is 0 Å². The molecule has 1 aliphatic rings. The van der Waals surface area contributed by atoms with E-state index in [0.717, 1.165) is 6.42 Å². The second-order valence-corrected chi connectivity index (χ2v) is 9.29. The van der Waals surface area contributed by atoms with E-state index in [1.807, 2.05) is 12.1 Å². The van der Waals surface area contributed by atoms with Crippen LogP contribution in [0.2, 0.25) is 0 Å². The first-order valence-electron chi connectivity index (χ1n) is 8.29. The zero-order valence-corrected chi connectivity index (χ0v) is 18.2. The van der Waals surface area contributed by atoms with E-state index in [1.165, 1.54) is 34.9 Å². The molecule has 0 saturated carbocycles. The molecule has 1 aromatic heterocycles. The quantitative estimate of drug-likeness (QED) is 0.373. The van der Waals surface area contributed by atoms with Crippen molar-refractivity contribution < 1.29 is 20.8 Å². The van der Waals surface area contributed by atoms with E-state index in [9.17, 15) is 0 Å². The zero-order valence-electron chi connectivity index (χ0n) is 14.3. The van der Waals surface area contributed by atoms with Gasteiger partial charge in [0.1, 0.15) is 0 Å². The summed E-state index contributed by atoms with van der Waals surface area (Å²) in [5.41, 5.74) is 2.63. The number of hydrogen-bond acceptors (Lipinski definition) is 0. The van der Waals surface area contributed by atoms with Crippen LogP contribution < -0.4 is 0 Å². The van der Waals surface area contributed by atoms with E-state index in [4.69, 9.17) is 17.0 Å². The number of allylic oxidation sites excluding steroid dienone is 4. The van der Waals surface area contributed by atoms with Crippen molar-refractivity contribution in [1.29, 1.82) is 0 Å². The summed E-state index contributed by atoms with van der Waals surface area (Å²) in [6.45, 7) is 2.20. The molecule has 1 nitrogen and oxygen atoms in total. The van der Waals surface area contributed by atoms with E-state index in [1.54, 1.807) is 0 Å². The molecule has 2 aromatic carbocycles. The van der Waals surface area contributed by atoms with Gasteiger partial charge in [-0.3, -0.25) is 6.08 Å². The first-order valence-corrected chi connectivity index (χ1v) is 14.6. The van der Waals surface area contributed by atoms with Crippen molar-refractivity contribution in [3.05, 3.63) is 84.7 Å². The molecule has 0 bridgehead atoms. The predicted octanol–water partition coefficient (Wildman–Crippen LogP) is 7.20. The number of fused-ring (bicyclic) bond motifs is 1. The van der Waals surface area contributed by atoms with Gasteiger partial charge in [0.05, 0.1) is 0 Å². The van der Waals surface area contributed by atoms with Crippen LogP contribution in [0, 0.1) is 6.08 Å². The molecule has 128 valence electrons. The van der Waals surface area contributed by atoms with E-state index in [2.05, 4.69) is 78.5 Å². The second-order valence-electron chi connectivity index (χ2n) is 5.56. The third-order valence-corrected chi connectivity index (χ3v) is 3.79. The standard InChI is InChI=1S/C13H10N.C8H11.2ClH.Zr/c1-2-6-12-10-13(9-11(12)5-1)14-7-3-4-8-14;1-2-5-8-6-3-4-7-8;;;/h1-10H;3,6H,2,4-5H2,1H3;2*1H;/q2*-1;;;+4/p-2. The van der Waals surface area contributed by atoms with E-state index in [-0.39, 0.29) is 0 Å². The van der Waals surface area contributed by atoms with E-state index >= 15 is 0 Å². The minimum Gasteiger partial charge on any atom is -0.342 e. The van der Waals surface area contributed by atoms with Crippen molar-refractivity contribution in [2.75, 3.05) is 0 Å². The van der Waals surface area contributed by atoms with Crippen molar-refractivity contribution in [1.82, 2.24) is 4.57 Å². The summed E-state index contributed by atoms with van der Waals surface area (Å²) in [7, 11) is 9.87. The molecule has 0 N–H and O–H groups in total. The fraction of sp³-hybridized carbons (Fsp3) is 0.190. The first kappa shape index (κ1) is 20.4. The molecule has 3 aromatic rings. The van der Waals surface area contributed by atoms with Crippen LogP contribution in [0.4, 0.5) is 0 Å². The van der Waals surface area contributed by atoms with Crippen LogP contribution in [-0.4, -0.2) is 4.57 Å². The normalized spacial score (nSPS) is 11.9. The summed E-state index contributed by atoms with van der Waals surface area (Å²) in [5, 5.41) is 2.60. The van der Waals surface area contributed by atoms with Gasteiger partial charge in [-0.15, -0.1) is 47.5 Å². The molecular weight excluding hydrogens is 428 g/mol. The van der Waals surface area contributed by atoms with Gasteiger partial charge < -0.3 is 4.57 Å². The van der Waals surface area contributed by atoms with E-state index < -0.39 is 20.8 Å². The number of hydrogen-bond donors (Lipinski definition) is 0. The second kappa shape index (κ2) is 11.6. The van der Waals surface area contributed by atoms with Gasteiger partial charge in [0.15, 0.2) is 0 Å². The molecule has 0 saturated heterocycles. The number of nitrogens with zero attached hydrogens (tertiary/aromatic N) is 1. The monoisotopic (exact) mass is 447 g/mol. The van der Waals surface area contributed by atoms with Crippen molar-refractivity contribution in [3.8, 4) is 5.69 Å². The van der Waals surface area contributed by atoms with Gasteiger partial charge in [0.2, 0.25) is 0 Å². The number of halogens is 2. The molecule has 1 aliphatic carbocycles.